The summed E-state index contributed by atoms with van der Waals surface area (Å²) >= 11 is 0. The Morgan fingerprint density at radius 3 is 2.42 bits per heavy atom. The summed E-state index contributed by atoms with van der Waals surface area (Å²) in [5.74, 6) is 0.175. The number of hydrogen-bond donors (Lipinski definition) is 0. The third kappa shape index (κ3) is 2.03. The Hall–Kier alpha value is -0.920. The molecule has 0 unspecified atom stereocenters. The zero-order chi connectivity index (χ0) is 9.35. The van der Waals surface area contributed by atoms with Gasteiger partial charge in [0.05, 0.1) is 0 Å². The molecular formula is C10H14O2. The van der Waals surface area contributed by atoms with Gasteiger partial charge in [-0.1, -0.05) is 13.8 Å². The Kier molecular flexibility index (Phi) is 2.18. The number of allylic oxidation sites excluding steroid dienone is 2. The predicted molar refractivity (Wildman–Crippen MR) is 46.8 cm³/mol. The van der Waals surface area contributed by atoms with Gasteiger partial charge in [-0.05, 0) is 24.0 Å². The van der Waals surface area contributed by atoms with E-state index in [9.17, 15) is 9.59 Å². The molecule has 66 valence electrons. The quantitative estimate of drug-likeness (QED) is 0.550. The van der Waals surface area contributed by atoms with E-state index in [-0.39, 0.29) is 17.0 Å². The molecule has 0 heterocycles. The maximum atomic E-state index is 11.4. The fraction of sp³-hybridized carbons (Fsp3) is 0.600. The van der Waals surface area contributed by atoms with Crippen LogP contribution in [0.1, 0.15) is 33.6 Å². The molecule has 0 saturated carbocycles. The van der Waals surface area contributed by atoms with Crippen LogP contribution in [0, 0.1) is 5.41 Å². The van der Waals surface area contributed by atoms with Crippen molar-refractivity contribution in [2.24, 2.45) is 5.41 Å². The topological polar surface area (TPSA) is 34.1 Å². The summed E-state index contributed by atoms with van der Waals surface area (Å²) in [5, 5.41) is 0. The molecule has 0 aromatic carbocycles. The van der Waals surface area contributed by atoms with Gasteiger partial charge in [-0.25, -0.2) is 0 Å². The SMILES string of the molecule is CC1=CC(=O)CC(C)(C)CC1=O. The van der Waals surface area contributed by atoms with Crippen LogP contribution >= 0.6 is 0 Å². The molecule has 0 spiro atoms. The van der Waals surface area contributed by atoms with E-state index in [0.29, 0.717) is 18.4 Å². The number of ketones is 2. The largest absolute Gasteiger partial charge is 0.295 e. The number of Topliss-reactive ketones (excluding diaryl/α,β-unsaturated/α-hetero) is 1. The molecule has 0 bridgehead atoms. The maximum absolute atomic E-state index is 11.4. The monoisotopic (exact) mass is 166 g/mol. The molecule has 0 aromatic heterocycles. The molecule has 0 amide bonds. The Labute approximate surface area is 72.7 Å². The minimum absolute atomic E-state index is 0.0725. The van der Waals surface area contributed by atoms with E-state index in [1.807, 2.05) is 13.8 Å². The highest BCUT2D eigenvalue weighted by Gasteiger charge is 2.28. The zero-order valence-electron chi connectivity index (χ0n) is 7.81. The van der Waals surface area contributed by atoms with Crippen molar-refractivity contribution in [2.45, 2.75) is 33.6 Å². The molecule has 0 aromatic rings. The molecule has 0 saturated heterocycles. The van der Waals surface area contributed by atoms with Gasteiger partial charge in [0.15, 0.2) is 11.6 Å². The van der Waals surface area contributed by atoms with Crippen molar-refractivity contribution in [1.29, 1.82) is 0 Å². The lowest BCUT2D eigenvalue weighted by atomic mass is 9.84. The van der Waals surface area contributed by atoms with Crippen molar-refractivity contribution in [3.63, 3.8) is 0 Å². The lowest BCUT2D eigenvalue weighted by Crippen LogP contribution is -2.17. The smallest absolute Gasteiger partial charge is 0.159 e. The second-order valence-electron chi connectivity index (χ2n) is 4.23. The summed E-state index contributed by atoms with van der Waals surface area (Å²) in [4.78, 5) is 22.6. The van der Waals surface area contributed by atoms with Crippen molar-refractivity contribution >= 4 is 11.6 Å². The highest BCUT2D eigenvalue weighted by atomic mass is 16.1. The Morgan fingerprint density at radius 2 is 1.83 bits per heavy atom. The van der Waals surface area contributed by atoms with Crippen molar-refractivity contribution in [1.82, 2.24) is 0 Å². The Balaban J connectivity index is 2.94. The van der Waals surface area contributed by atoms with Gasteiger partial charge in [0.1, 0.15) is 0 Å². The number of rotatable bonds is 0. The lowest BCUT2D eigenvalue weighted by molar-refractivity contribution is -0.117. The average molecular weight is 166 g/mol. The van der Waals surface area contributed by atoms with Crippen molar-refractivity contribution in [2.75, 3.05) is 0 Å². The third-order valence-corrected chi connectivity index (χ3v) is 2.11. The van der Waals surface area contributed by atoms with E-state index in [1.165, 1.54) is 6.08 Å². The van der Waals surface area contributed by atoms with Crippen LogP contribution in [-0.2, 0) is 9.59 Å². The molecule has 2 nitrogen and oxygen atoms in total. The highest BCUT2D eigenvalue weighted by Crippen LogP contribution is 2.29. The standard InChI is InChI=1S/C10H14O2/c1-7-4-8(11)5-10(2,3)6-9(7)12/h4H,5-6H2,1-3H3. The van der Waals surface area contributed by atoms with Crippen molar-refractivity contribution < 1.29 is 9.59 Å². The van der Waals surface area contributed by atoms with Crippen LogP contribution in [0.2, 0.25) is 0 Å². The van der Waals surface area contributed by atoms with Crippen LogP contribution in [-0.4, -0.2) is 11.6 Å². The van der Waals surface area contributed by atoms with Crippen molar-refractivity contribution in [3.8, 4) is 0 Å². The van der Waals surface area contributed by atoms with Crippen LogP contribution in [0.15, 0.2) is 11.6 Å². The minimum atomic E-state index is -0.164. The maximum Gasteiger partial charge on any atom is 0.159 e. The summed E-state index contributed by atoms with van der Waals surface area (Å²) < 4.78 is 0. The summed E-state index contributed by atoms with van der Waals surface area (Å²) in [7, 11) is 0. The predicted octanol–water partition coefficient (Wildman–Crippen LogP) is 1.89. The summed E-state index contributed by atoms with van der Waals surface area (Å²) in [6, 6.07) is 0. The van der Waals surface area contributed by atoms with Crippen LogP contribution < -0.4 is 0 Å². The first-order chi connectivity index (χ1) is 5.41. The molecule has 2 heteroatoms. The van der Waals surface area contributed by atoms with Gasteiger partial charge in [0.2, 0.25) is 0 Å². The van der Waals surface area contributed by atoms with Gasteiger partial charge in [0.25, 0.3) is 0 Å². The second-order valence-corrected chi connectivity index (χ2v) is 4.23. The third-order valence-electron chi connectivity index (χ3n) is 2.11. The van der Waals surface area contributed by atoms with Crippen LogP contribution in [0.3, 0.4) is 0 Å². The first-order valence-corrected chi connectivity index (χ1v) is 4.15. The molecule has 12 heavy (non-hydrogen) atoms. The van der Waals surface area contributed by atoms with E-state index in [2.05, 4.69) is 0 Å². The molecule has 0 N–H and O–H groups in total. The van der Waals surface area contributed by atoms with Crippen LogP contribution in [0.25, 0.3) is 0 Å². The van der Waals surface area contributed by atoms with Crippen molar-refractivity contribution in [3.05, 3.63) is 11.6 Å². The molecule has 1 aliphatic carbocycles. The number of hydrogen-bond acceptors (Lipinski definition) is 2. The summed E-state index contributed by atoms with van der Waals surface area (Å²) in [6.45, 7) is 5.62. The molecular weight excluding hydrogens is 152 g/mol. The normalized spacial score (nSPS) is 23.4. The zero-order valence-corrected chi connectivity index (χ0v) is 7.81. The molecule has 0 atom stereocenters. The molecule has 0 fully saturated rings. The van der Waals surface area contributed by atoms with Crippen LogP contribution in [0.5, 0.6) is 0 Å². The van der Waals surface area contributed by atoms with Gasteiger partial charge >= 0.3 is 0 Å². The molecule has 0 aliphatic heterocycles. The fourth-order valence-electron chi connectivity index (χ4n) is 1.48. The van der Waals surface area contributed by atoms with Gasteiger partial charge in [-0.15, -0.1) is 0 Å². The fourth-order valence-corrected chi connectivity index (χ4v) is 1.48. The summed E-state index contributed by atoms with van der Waals surface area (Å²) in [6.07, 6.45) is 2.44. The Bertz CT molecular complexity index is 259. The highest BCUT2D eigenvalue weighted by molar-refractivity contribution is 6.04. The van der Waals surface area contributed by atoms with E-state index in [1.54, 1.807) is 6.92 Å². The van der Waals surface area contributed by atoms with Crippen LogP contribution in [0.4, 0.5) is 0 Å². The number of carbonyl (C=O) groups is 2. The first-order valence-electron chi connectivity index (χ1n) is 4.15. The van der Waals surface area contributed by atoms with E-state index in [0.717, 1.165) is 0 Å². The first kappa shape index (κ1) is 9.17. The molecule has 1 rings (SSSR count). The minimum Gasteiger partial charge on any atom is -0.295 e. The summed E-state index contributed by atoms with van der Waals surface area (Å²) in [5.41, 5.74) is 0.438. The van der Waals surface area contributed by atoms with Gasteiger partial charge in [-0.3, -0.25) is 9.59 Å². The second kappa shape index (κ2) is 2.85. The number of carbonyl (C=O) groups excluding carboxylic acids is 2. The van der Waals surface area contributed by atoms with E-state index >= 15 is 0 Å². The van der Waals surface area contributed by atoms with Gasteiger partial charge < -0.3 is 0 Å². The molecule has 0 radical (unpaired) electrons. The molecule has 1 aliphatic rings. The van der Waals surface area contributed by atoms with Gasteiger partial charge in [0, 0.05) is 12.8 Å². The van der Waals surface area contributed by atoms with Gasteiger partial charge in [-0.2, -0.15) is 0 Å². The average Bonchev–Trinajstić information content (AvgIpc) is 1.89. The van der Waals surface area contributed by atoms with E-state index < -0.39 is 0 Å². The van der Waals surface area contributed by atoms with E-state index in [4.69, 9.17) is 0 Å². The Morgan fingerprint density at radius 1 is 1.25 bits per heavy atom. The lowest BCUT2D eigenvalue weighted by Gasteiger charge is -2.19.